The number of aromatic nitrogens is 2. The molecule has 7 heteroatoms. The second-order valence-electron chi connectivity index (χ2n) is 7.44. The molecule has 0 radical (unpaired) electrons. The third-order valence-electron chi connectivity index (χ3n) is 5.57. The molecule has 3 aromatic rings. The van der Waals surface area contributed by atoms with Gasteiger partial charge < -0.3 is 15.6 Å². The van der Waals surface area contributed by atoms with Crippen molar-refractivity contribution < 1.29 is 4.79 Å². The largest absolute Gasteiger partial charge is 0.382 e. The maximum absolute atomic E-state index is 12.2. The van der Waals surface area contributed by atoms with Gasteiger partial charge in [0.25, 0.3) is 0 Å². The van der Waals surface area contributed by atoms with Gasteiger partial charge in [-0.15, -0.1) is 11.3 Å². The molecule has 28 heavy (non-hydrogen) atoms. The SMILES string of the molecule is CNC(=O)C1CCC(Nc2cc(=O)[nH]c3c(C)cc(-c4cncs4)cc23)CC1. The lowest BCUT2D eigenvalue weighted by Crippen LogP contribution is -2.34. The molecular weight excluding hydrogens is 372 g/mol. The highest BCUT2D eigenvalue weighted by atomic mass is 32.1. The molecule has 1 amide bonds. The number of thiazole rings is 1. The van der Waals surface area contributed by atoms with Crippen LogP contribution >= 0.6 is 11.3 Å². The zero-order chi connectivity index (χ0) is 19.7. The third-order valence-corrected chi connectivity index (χ3v) is 6.39. The smallest absolute Gasteiger partial charge is 0.250 e. The summed E-state index contributed by atoms with van der Waals surface area (Å²) in [5, 5.41) is 7.34. The van der Waals surface area contributed by atoms with E-state index < -0.39 is 0 Å². The maximum Gasteiger partial charge on any atom is 0.250 e. The van der Waals surface area contributed by atoms with Gasteiger partial charge >= 0.3 is 0 Å². The van der Waals surface area contributed by atoms with Gasteiger partial charge in [-0.1, -0.05) is 0 Å². The van der Waals surface area contributed by atoms with Crippen molar-refractivity contribution >= 4 is 33.8 Å². The second-order valence-corrected chi connectivity index (χ2v) is 8.32. The first kappa shape index (κ1) is 18.7. The highest BCUT2D eigenvalue weighted by Crippen LogP contribution is 2.33. The van der Waals surface area contributed by atoms with Gasteiger partial charge in [-0.25, -0.2) is 0 Å². The summed E-state index contributed by atoms with van der Waals surface area (Å²) in [7, 11) is 1.69. The number of aromatic amines is 1. The minimum absolute atomic E-state index is 0.0964. The fourth-order valence-electron chi connectivity index (χ4n) is 4.08. The van der Waals surface area contributed by atoms with Crippen LogP contribution in [0, 0.1) is 12.8 Å². The van der Waals surface area contributed by atoms with E-state index in [1.807, 2.05) is 18.6 Å². The molecular formula is C21H24N4O2S. The predicted octanol–water partition coefficient (Wildman–Crippen LogP) is 3.68. The Kier molecular flexibility index (Phi) is 5.17. The minimum Gasteiger partial charge on any atom is -0.382 e. The van der Waals surface area contributed by atoms with Crippen LogP contribution in [0.25, 0.3) is 21.3 Å². The third kappa shape index (κ3) is 3.67. The molecule has 1 aliphatic carbocycles. The summed E-state index contributed by atoms with van der Waals surface area (Å²) in [5.41, 5.74) is 5.57. The fraction of sp³-hybridized carbons (Fsp3) is 0.381. The number of anilines is 1. The first-order valence-corrected chi connectivity index (χ1v) is 10.5. The van der Waals surface area contributed by atoms with Crippen molar-refractivity contribution in [1.29, 1.82) is 0 Å². The van der Waals surface area contributed by atoms with Crippen molar-refractivity contribution in [3.63, 3.8) is 0 Å². The number of hydrogen-bond donors (Lipinski definition) is 3. The van der Waals surface area contributed by atoms with Gasteiger partial charge in [0.05, 0.1) is 15.9 Å². The first-order chi connectivity index (χ1) is 13.5. The molecule has 2 heterocycles. The number of pyridine rings is 1. The van der Waals surface area contributed by atoms with Gasteiger partial charge in [0.2, 0.25) is 11.5 Å². The van der Waals surface area contributed by atoms with Crippen molar-refractivity contribution in [3.8, 4) is 10.4 Å². The number of benzene rings is 1. The molecule has 0 unspecified atom stereocenters. The highest BCUT2D eigenvalue weighted by Gasteiger charge is 2.26. The normalized spacial score (nSPS) is 19.5. The Morgan fingerprint density at radius 2 is 2.00 bits per heavy atom. The molecule has 4 rings (SSSR count). The van der Waals surface area contributed by atoms with Crippen molar-refractivity contribution in [2.75, 3.05) is 12.4 Å². The monoisotopic (exact) mass is 396 g/mol. The molecule has 1 aromatic carbocycles. The van der Waals surface area contributed by atoms with E-state index in [4.69, 9.17) is 0 Å². The minimum atomic E-state index is -0.109. The van der Waals surface area contributed by atoms with Gasteiger partial charge in [-0.05, 0) is 55.9 Å². The number of hydrogen-bond acceptors (Lipinski definition) is 5. The summed E-state index contributed by atoms with van der Waals surface area (Å²) >= 11 is 1.60. The van der Waals surface area contributed by atoms with E-state index in [9.17, 15) is 9.59 Å². The van der Waals surface area contributed by atoms with E-state index in [1.54, 1.807) is 24.5 Å². The standard InChI is InChI=1S/C21H24N4O2S/c1-12-7-14(18-10-23-11-28-18)8-16-17(9-19(26)25-20(12)16)24-15-5-3-13(4-6-15)21(27)22-2/h7-11,13,15H,3-6H2,1-2H3,(H,22,27)(H2,24,25,26). The summed E-state index contributed by atoms with van der Waals surface area (Å²) in [4.78, 5) is 32.4. The quantitative estimate of drug-likeness (QED) is 0.628. The van der Waals surface area contributed by atoms with E-state index >= 15 is 0 Å². The van der Waals surface area contributed by atoms with E-state index in [2.05, 4.69) is 32.7 Å². The molecule has 0 aliphatic heterocycles. The number of aryl methyl sites for hydroxylation is 1. The Balaban J connectivity index is 1.65. The van der Waals surface area contributed by atoms with Crippen molar-refractivity contribution in [3.05, 3.63) is 45.8 Å². The summed E-state index contributed by atoms with van der Waals surface area (Å²) in [6.07, 6.45) is 5.43. The van der Waals surface area contributed by atoms with Crippen LogP contribution < -0.4 is 16.2 Å². The summed E-state index contributed by atoms with van der Waals surface area (Å²) < 4.78 is 0. The van der Waals surface area contributed by atoms with E-state index in [0.717, 1.165) is 58.3 Å². The average molecular weight is 397 g/mol. The lowest BCUT2D eigenvalue weighted by Gasteiger charge is -2.29. The number of H-pyrrole nitrogens is 1. The van der Waals surface area contributed by atoms with E-state index in [0.29, 0.717) is 0 Å². The number of carbonyl (C=O) groups excluding carboxylic acids is 1. The zero-order valence-corrected chi connectivity index (χ0v) is 16.9. The van der Waals surface area contributed by atoms with Crippen LogP contribution in [0.3, 0.4) is 0 Å². The average Bonchev–Trinajstić information content (AvgIpc) is 3.23. The van der Waals surface area contributed by atoms with Crippen LogP contribution in [0.2, 0.25) is 0 Å². The second kappa shape index (κ2) is 7.75. The molecule has 3 N–H and O–H groups in total. The van der Waals surface area contributed by atoms with Crippen LogP contribution in [0.15, 0.2) is 34.7 Å². The van der Waals surface area contributed by atoms with Crippen molar-refractivity contribution in [2.24, 2.45) is 5.92 Å². The molecule has 2 aromatic heterocycles. The number of rotatable bonds is 4. The molecule has 1 aliphatic rings. The van der Waals surface area contributed by atoms with Gasteiger partial charge in [-0.3, -0.25) is 14.6 Å². The van der Waals surface area contributed by atoms with Crippen LogP contribution in [-0.4, -0.2) is 29.0 Å². The lowest BCUT2D eigenvalue weighted by atomic mass is 9.85. The molecule has 1 saturated carbocycles. The molecule has 0 spiro atoms. The summed E-state index contributed by atoms with van der Waals surface area (Å²) in [6.45, 7) is 2.02. The van der Waals surface area contributed by atoms with Gasteiger partial charge in [0.1, 0.15) is 0 Å². The Bertz CT molecular complexity index is 1050. The Morgan fingerprint density at radius 1 is 1.21 bits per heavy atom. The van der Waals surface area contributed by atoms with Gasteiger partial charge in [-0.2, -0.15) is 0 Å². The van der Waals surface area contributed by atoms with Crippen LogP contribution in [-0.2, 0) is 4.79 Å². The zero-order valence-electron chi connectivity index (χ0n) is 16.0. The molecule has 1 fully saturated rings. The van der Waals surface area contributed by atoms with Crippen LogP contribution in [0.5, 0.6) is 0 Å². The number of carbonyl (C=O) groups is 1. The maximum atomic E-state index is 12.2. The lowest BCUT2D eigenvalue weighted by molar-refractivity contribution is -0.125. The van der Waals surface area contributed by atoms with Gasteiger partial charge in [0, 0.05) is 42.3 Å². The molecule has 146 valence electrons. The highest BCUT2D eigenvalue weighted by molar-refractivity contribution is 7.13. The Labute approximate surface area is 167 Å². The summed E-state index contributed by atoms with van der Waals surface area (Å²) in [5.74, 6) is 0.226. The van der Waals surface area contributed by atoms with Crippen LogP contribution in [0.4, 0.5) is 5.69 Å². The number of nitrogens with zero attached hydrogens (tertiary/aromatic N) is 1. The molecule has 0 atom stereocenters. The Hall–Kier alpha value is -2.67. The predicted molar refractivity (Wildman–Crippen MR) is 114 cm³/mol. The number of amides is 1. The van der Waals surface area contributed by atoms with E-state index in [-0.39, 0.29) is 23.4 Å². The molecule has 0 saturated heterocycles. The molecule has 0 bridgehead atoms. The number of fused-ring (bicyclic) bond motifs is 1. The fourth-order valence-corrected chi connectivity index (χ4v) is 4.69. The van der Waals surface area contributed by atoms with Crippen molar-refractivity contribution in [1.82, 2.24) is 15.3 Å². The van der Waals surface area contributed by atoms with Crippen LogP contribution in [0.1, 0.15) is 31.2 Å². The Morgan fingerprint density at radius 3 is 2.68 bits per heavy atom. The first-order valence-electron chi connectivity index (χ1n) is 9.60. The van der Waals surface area contributed by atoms with Crippen molar-refractivity contribution in [2.45, 2.75) is 38.6 Å². The summed E-state index contributed by atoms with van der Waals surface area (Å²) in [6, 6.07) is 6.11. The topological polar surface area (TPSA) is 86.9 Å². The molecule has 6 nitrogen and oxygen atoms in total. The van der Waals surface area contributed by atoms with Gasteiger partial charge in [0.15, 0.2) is 0 Å². The van der Waals surface area contributed by atoms with E-state index in [1.165, 1.54) is 0 Å². The number of nitrogens with one attached hydrogen (secondary N) is 3.